The van der Waals surface area contributed by atoms with Gasteiger partial charge in [0.05, 0.1) is 11.9 Å². The number of urea groups is 1. The first kappa shape index (κ1) is 16.1. The maximum atomic E-state index is 12.3. The predicted molar refractivity (Wildman–Crippen MR) is 83.5 cm³/mol. The lowest BCUT2D eigenvalue weighted by Crippen LogP contribution is -2.49. The Morgan fingerprint density at radius 1 is 1.52 bits per heavy atom. The average Bonchev–Trinajstić information content (AvgIpc) is 3.10. The summed E-state index contributed by atoms with van der Waals surface area (Å²) in [4.78, 5) is 30.4. The largest absolute Gasteiger partial charge is 0.480 e. The van der Waals surface area contributed by atoms with Gasteiger partial charge in [0.25, 0.3) is 0 Å². The first-order valence-electron chi connectivity index (χ1n) is 6.91. The molecule has 0 radical (unpaired) electrons. The lowest BCUT2D eigenvalue weighted by atomic mass is 10.3. The van der Waals surface area contributed by atoms with Gasteiger partial charge in [0.15, 0.2) is 0 Å². The van der Waals surface area contributed by atoms with E-state index in [0.29, 0.717) is 12.3 Å². The van der Waals surface area contributed by atoms with Gasteiger partial charge in [0.2, 0.25) is 0 Å². The van der Waals surface area contributed by atoms with Crippen LogP contribution in [0.3, 0.4) is 0 Å². The second-order valence-electron chi connectivity index (χ2n) is 4.69. The molecule has 1 aliphatic rings. The summed E-state index contributed by atoms with van der Waals surface area (Å²) in [5, 5.41) is 12.8. The molecule has 2 unspecified atom stereocenters. The van der Waals surface area contributed by atoms with E-state index in [1.165, 1.54) is 21.5 Å². The van der Waals surface area contributed by atoms with Crippen molar-refractivity contribution in [3.05, 3.63) is 16.1 Å². The van der Waals surface area contributed by atoms with E-state index in [0.717, 1.165) is 17.8 Å². The number of hydrogen-bond donors (Lipinski definition) is 2. The number of amides is 2. The highest BCUT2D eigenvalue weighted by Gasteiger charge is 2.40. The normalized spacial score (nSPS) is 21.5. The smallest absolute Gasteiger partial charge is 0.327 e. The van der Waals surface area contributed by atoms with Crippen molar-refractivity contribution in [1.82, 2.24) is 15.2 Å². The molecular formula is C13H19N3O3S2. The highest BCUT2D eigenvalue weighted by Crippen LogP contribution is 2.31. The molecule has 2 N–H and O–H groups in total. The van der Waals surface area contributed by atoms with Crippen LogP contribution in [0.5, 0.6) is 0 Å². The maximum absolute atomic E-state index is 12.3. The van der Waals surface area contributed by atoms with Crippen molar-refractivity contribution in [3.63, 3.8) is 0 Å². The number of carboxylic acids is 1. The van der Waals surface area contributed by atoms with Gasteiger partial charge in [0.1, 0.15) is 11.0 Å². The Balaban J connectivity index is 1.98. The Kier molecular flexibility index (Phi) is 5.46. The van der Waals surface area contributed by atoms with E-state index in [-0.39, 0.29) is 11.4 Å². The molecular weight excluding hydrogens is 310 g/mol. The molecule has 2 atom stereocenters. The first-order chi connectivity index (χ1) is 10.1. The molecule has 0 bridgehead atoms. The Hall–Kier alpha value is -1.28. The summed E-state index contributed by atoms with van der Waals surface area (Å²) in [6.07, 6.45) is 3.47. The van der Waals surface area contributed by atoms with Crippen LogP contribution in [-0.4, -0.2) is 44.2 Å². The molecule has 2 amide bonds. The fraction of sp³-hybridized carbons (Fsp3) is 0.615. The molecule has 1 saturated heterocycles. The lowest BCUT2D eigenvalue weighted by Gasteiger charge is -2.26. The van der Waals surface area contributed by atoms with Crippen LogP contribution in [0.1, 0.15) is 30.2 Å². The van der Waals surface area contributed by atoms with Crippen molar-refractivity contribution in [2.75, 3.05) is 5.75 Å². The maximum Gasteiger partial charge on any atom is 0.327 e. The fourth-order valence-electron chi connectivity index (χ4n) is 2.18. The van der Waals surface area contributed by atoms with Crippen molar-refractivity contribution in [3.8, 4) is 0 Å². The van der Waals surface area contributed by atoms with Gasteiger partial charge in [-0.05, 0) is 12.8 Å². The molecule has 0 aromatic carbocycles. The Morgan fingerprint density at radius 3 is 2.86 bits per heavy atom. The van der Waals surface area contributed by atoms with Crippen LogP contribution in [-0.2, 0) is 17.8 Å². The van der Waals surface area contributed by atoms with E-state index in [1.54, 1.807) is 11.3 Å². The van der Waals surface area contributed by atoms with Crippen LogP contribution in [0, 0.1) is 0 Å². The van der Waals surface area contributed by atoms with Crippen molar-refractivity contribution in [1.29, 1.82) is 0 Å². The van der Waals surface area contributed by atoms with Crippen LogP contribution in [0.25, 0.3) is 0 Å². The molecule has 2 heterocycles. The van der Waals surface area contributed by atoms with E-state index in [4.69, 9.17) is 0 Å². The van der Waals surface area contributed by atoms with Crippen LogP contribution in [0.15, 0.2) is 6.20 Å². The van der Waals surface area contributed by atoms with Crippen molar-refractivity contribution in [2.24, 2.45) is 0 Å². The summed E-state index contributed by atoms with van der Waals surface area (Å²) in [5.74, 6) is -0.505. The van der Waals surface area contributed by atoms with Gasteiger partial charge in [-0.25, -0.2) is 14.6 Å². The molecule has 21 heavy (non-hydrogen) atoms. The second kappa shape index (κ2) is 7.13. The number of aliphatic carboxylic acids is 1. The molecule has 1 aromatic rings. The van der Waals surface area contributed by atoms with Crippen LogP contribution in [0.4, 0.5) is 4.79 Å². The van der Waals surface area contributed by atoms with E-state index in [1.807, 2.05) is 13.1 Å². The third-order valence-corrected chi connectivity index (χ3v) is 5.90. The Bertz CT molecular complexity index is 521. The third kappa shape index (κ3) is 3.68. The number of thiazole rings is 1. The van der Waals surface area contributed by atoms with Gasteiger partial charge in [-0.2, -0.15) is 0 Å². The number of nitrogens with one attached hydrogen (secondary N) is 1. The van der Waals surface area contributed by atoms with E-state index in [2.05, 4.69) is 17.2 Å². The van der Waals surface area contributed by atoms with Crippen LogP contribution < -0.4 is 5.32 Å². The number of hydrogen-bond acceptors (Lipinski definition) is 5. The average molecular weight is 329 g/mol. The highest BCUT2D eigenvalue weighted by molar-refractivity contribution is 8.00. The summed E-state index contributed by atoms with van der Waals surface area (Å²) in [6, 6.07) is -1.07. The van der Waals surface area contributed by atoms with Gasteiger partial charge in [-0.3, -0.25) is 4.90 Å². The summed E-state index contributed by atoms with van der Waals surface area (Å²) in [7, 11) is 0. The minimum atomic E-state index is -0.948. The number of aryl methyl sites for hydroxylation is 1. The van der Waals surface area contributed by atoms with E-state index >= 15 is 0 Å². The number of thioether (sulfide) groups is 1. The molecule has 0 saturated carbocycles. The monoisotopic (exact) mass is 329 g/mol. The zero-order chi connectivity index (χ0) is 15.4. The number of aromatic nitrogens is 1. The molecule has 0 aliphatic carbocycles. The third-order valence-electron chi connectivity index (χ3n) is 3.30. The zero-order valence-corrected chi connectivity index (χ0v) is 13.7. The summed E-state index contributed by atoms with van der Waals surface area (Å²) in [5.41, 5.74) is 0. The quantitative estimate of drug-likeness (QED) is 0.865. The van der Waals surface area contributed by atoms with Gasteiger partial charge in [-0.1, -0.05) is 13.8 Å². The summed E-state index contributed by atoms with van der Waals surface area (Å²) < 4.78 is 0. The van der Waals surface area contributed by atoms with Crippen molar-refractivity contribution < 1.29 is 14.7 Å². The second-order valence-corrected chi connectivity index (χ2v) is 7.10. The lowest BCUT2D eigenvalue weighted by molar-refractivity contribution is -0.141. The minimum absolute atomic E-state index is 0.0754. The zero-order valence-electron chi connectivity index (χ0n) is 12.0. The highest BCUT2D eigenvalue weighted by atomic mass is 32.2. The van der Waals surface area contributed by atoms with Gasteiger partial charge in [-0.15, -0.1) is 23.1 Å². The molecule has 6 nitrogen and oxygen atoms in total. The van der Waals surface area contributed by atoms with Crippen molar-refractivity contribution in [2.45, 2.75) is 44.6 Å². The van der Waals surface area contributed by atoms with Gasteiger partial charge >= 0.3 is 12.0 Å². The molecule has 0 spiro atoms. The molecule has 1 fully saturated rings. The number of carboxylic acid groups (broad SMARTS) is 1. The predicted octanol–water partition coefficient (Wildman–Crippen LogP) is 2.15. The molecule has 1 aromatic heterocycles. The van der Waals surface area contributed by atoms with Crippen LogP contribution in [0.2, 0.25) is 0 Å². The van der Waals surface area contributed by atoms with Crippen LogP contribution >= 0.6 is 23.1 Å². The first-order valence-corrected chi connectivity index (χ1v) is 8.77. The number of nitrogens with zero attached hydrogens (tertiary/aromatic N) is 2. The molecule has 8 heteroatoms. The summed E-state index contributed by atoms with van der Waals surface area (Å²) in [6.45, 7) is 4.35. The number of rotatable bonds is 5. The van der Waals surface area contributed by atoms with Gasteiger partial charge < -0.3 is 10.4 Å². The van der Waals surface area contributed by atoms with Gasteiger partial charge in [0, 0.05) is 16.8 Å². The van der Waals surface area contributed by atoms with E-state index in [9.17, 15) is 14.7 Å². The number of carbonyl (C=O) groups excluding carboxylic acids is 1. The van der Waals surface area contributed by atoms with E-state index < -0.39 is 12.0 Å². The SMILES string of the molecule is CCc1cnc(CNC(=O)N2C(CC)SCC2C(=O)O)s1. The Labute approximate surface area is 131 Å². The Morgan fingerprint density at radius 2 is 2.29 bits per heavy atom. The number of carbonyl (C=O) groups is 2. The molecule has 1 aliphatic heterocycles. The molecule has 2 rings (SSSR count). The minimum Gasteiger partial charge on any atom is -0.480 e. The fourth-order valence-corrected chi connectivity index (χ4v) is 4.33. The standard InChI is InChI=1S/C13H19N3O3S2/c1-3-8-5-14-10(21-8)6-15-13(19)16-9(12(17)18)7-20-11(16)4-2/h5,9,11H,3-4,6-7H2,1-2H3,(H,15,19)(H,17,18). The van der Waals surface area contributed by atoms with Crippen molar-refractivity contribution >= 4 is 35.1 Å². The topological polar surface area (TPSA) is 82.5 Å². The summed E-state index contributed by atoms with van der Waals surface area (Å²) >= 11 is 3.08. The molecule has 116 valence electrons.